The standard InChI is InChI=1S/C26H26N2O5/c1-15(2)23(26(32)33)28(24(29)17-8-9-17)14-16-7-11-21-18(13-16)10-12-22(27-21)19-5-3-4-6-20(19)25(30)31/h3-7,10-13,15,17,23H,8-9,14H2,1-2H3,(H,30,31)(H,32,33)/t23-/m0/s1. The van der Waals surface area contributed by atoms with Gasteiger partial charge in [0.1, 0.15) is 6.04 Å². The van der Waals surface area contributed by atoms with E-state index in [1.165, 1.54) is 4.90 Å². The fourth-order valence-electron chi connectivity index (χ4n) is 4.17. The molecule has 2 aromatic carbocycles. The van der Waals surface area contributed by atoms with Crippen LogP contribution in [-0.2, 0) is 16.1 Å². The van der Waals surface area contributed by atoms with Gasteiger partial charge in [-0.2, -0.15) is 0 Å². The van der Waals surface area contributed by atoms with Gasteiger partial charge in [-0.15, -0.1) is 0 Å². The molecule has 7 nitrogen and oxygen atoms in total. The van der Waals surface area contributed by atoms with E-state index < -0.39 is 18.0 Å². The molecule has 0 spiro atoms. The number of amides is 1. The Labute approximate surface area is 191 Å². The molecule has 0 unspecified atom stereocenters. The number of rotatable bonds is 8. The normalized spacial score (nSPS) is 14.3. The molecule has 170 valence electrons. The number of fused-ring (bicyclic) bond motifs is 1. The highest BCUT2D eigenvalue weighted by atomic mass is 16.4. The largest absolute Gasteiger partial charge is 0.480 e. The Bertz CT molecular complexity index is 1230. The molecule has 0 aliphatic heterocycles. The second kappa shape index (κ2) is 9.02. The molecule has 4 rings (SSSR count). The number of pyridine rings is 1. The van der Waals surface area contributed by atoms with Crippen LogP contribution in [0.2, 0.25) is 0 Å². The van der Waals surface area contributed by atoms with E-state index in [0.29, 0.717) is 16.8 Å². The van der Waals surface area contributed by atoms with Crippen molar-refractivity contribution in [3.63, 3.8) is 0 Å². The van der Waals surface area contributed by atoms with Crippen LogP contribution in [0.15, 0.2) is 54.6 Å². The Kier molecular flexibility index (Phi) is 6.14. The van der Waals surface area contributed by atoms with Crippen LogP contribution >= 0.6 is 0 Å². The molecule has 1 heterocycles. The first kappa shape index (κ1) is 22.5. The summed E-state index contributed by atoms with van der Waals surface area (Å²) in [6.07, 6.45) is 1.62. The summed E-state index contributed by atoms with van der Waals surface area (Å²) in [6.45, 7) is 3.84. The fraction of sp³-hybridized carbons (Fsp3) is 0.308. The van der Waals surface area contributed by atoms with Crippen LogP contribution in [0.5, 0.6) is 0 Å². The first-order valence-corrected chi connectivity index (χ1v) is 11.0. The van der Waals surface area contributed by atoms with Crippen LogP contribution in [-0.4, -0.2) is 44.0 Å². The molecule has 1 fully saturated rings. The lowest BCUT2D eigenvalue weighted by atomic mass is 10.00. The molecular formula is C26H26N2O5. The Morgan fingerprint density at radius 1 is 1.03 bits per heavy atom. The zero-order chi connectivity index (χ0) is 23.7. The van der Waals surface area contributed by atoms with Gasteiger partial charge in [-0.05, 0) is 48.6 Å². The maximum absolute atomic E-state index is 12.9. The van der Waals surface area contributed by atoms with Crippen LogP contribution in [0, 0.1) is 11.8 Å². The molecule has 0 saturated heterocycles. The molecule has 7 heteroatoms. The predicted octanol–water partition coefficient (Wildman–Crippen LogP) is 4.45. The van der Waals surface area contributed by atoms with Crippen molar-refractivity contribution < 1.29 is 24.6 Å². The van der Waals surface area contributed by atoms with Gasteiger partial charge in [0.05, 0.1) is 16.8 Å². The number of aromatic carboxylic acids is 1. The Hall–Kier alpha value is -3.74. The maximum Gasteiger partial charge on any atom is 0.336 e. The van der Waals surface area contributed by atoms with Gasteiger partial charge in [-0.25, -0.2) is 14.6 Å². The van der Waals surface area contributed by atoms with E-state index >= 15 is 0 Å². The number of hydrogen-bond donors (Lipinski definition) is 2. The lowest BCUT2D eigenvalue weighted by Crippen LogP contribution is -2.48. The third-order valence-corrected chi connectivity index (χ3v) is 5.97. The smallest absolute Gasteiger partial charge is 0.336 e. The van der Waals surface area contributed by atoms with Crippen molar-refractivity contribution >= 4 is 28.7 Å². The highest BCUT2D eigenvalue weighted by Crippen LogP contribution is 2.33. The molecule has 1 aliphatic rings. The van der Waals surface area contributed by atoms with E-state index in [2.05, 4.69) is 4.98 Å². The molecule has 3 aromatic rings. The average Bonchev–Trinajstić information content (AvgIpc) is 3.62. The summed E-state index contributed by atoms with van der Waals surface area (Å²) in [5, 5.41) is 20.1. The number of benzene rings is 2. The van der Waals surface area contributed by atoms with Gasteiger partial charge in [0.25, 0.3) is 0 Å². The molecule has 0 radical (unpaired) electrons. The lowest BCUT2D eigenvalue weighted by molar-refractivity contribution is -0.153. The highest BCUT2D eigenvalue weighted by molar-refractivity contribution is 5.96. The van der Waals surface area contributed by atoms with E-state index in [0.717, 1.165) is 23.8 Å². The molecular weight excluding hydrogens is 420 g/mol. The van der Waals surface area contributed by atoms with E-state index in [-0.39, 0.29) is 29.9 Å². The van der Waals surface area contributed by atoms with Crippen molar-refractivity contribution in [1.29, 1.82) is 0 Å². The second-order valence-corrected chi connectivity index (χ2v) is 8.84. The quantitative estimate of drug-likeness (QED) is 0.529. The molecule has 1 aromatic heterocycles. The van der Waals surface area contributed by atoms with Gasteiger partial charge in [-0.1, -0.05) is 44.2 Å². The second-order valence-electron chi connectivity index (χ2n) is 8.84. The molecule has 1 saturated carbocycles. The van der Waals surface area contributed by atoms with Crippen LogP contribution in [0.4, 0.5) is 0 Å². The first-order valence-electron chi connectivity index (χ1n) is 11.0. The van der Waals surface area contributed by atoms with Gasteiger partial charge in [-0.3, -0.25) is 4.79 Å². The summed E-state index contributed by atoms with van der Waals surface area (Å²) in [4.78, 5) is 42.5. The van der Waals surface area contributed by atoms with Gasteiger partial charge in [0, 0.05) is 23.4 Å². The third-order valence-electron chi connectivity index (χ3n) is 5.97. The molecule has 0 bridgehead atoms. The molecule has 33 heavy (non-hydrogen) atoms. The van der Waals surface area contributed by atoms with E-state index in [1.807, 2.05) is 38.1 Å². The topological polar surface area (TPSA) is 108 Å². The van der Waals surface area contributed by atoms with Crippen molar-refractivity contribution in [3.05, 3.63) is 65.7 Å². The summed E-state index contributed by atoms with van der Waals surface area (Å²) < 4.78 is 0. The van der Waals surface area contributed by atoms with Crippen LogP contribution in [0.3, 0.4) is 0 Å². The predicted molar refractivity (Wildman–Crippen MR) is 124 cm³/mol. The van der Waals surface area contributed by atoms with Crippen molar-refractivity contribution in [1.82, 2.24) is 9.88 Å². The zero-order valence-corrected chi connectivity index (χ0v) is 18.6. The summed E-state index contributed by atoms with van der Waals surface area (Å²) in [5.41, 5.74) is 2.80. The minimum Gasteiger partial charge on any atom is -0.480 e. The number of carbonyl (C=O) groups is 3. The summed E-state index contributed by atoms with van der Waals surface area (Å²) in [7, 11) is 0. The van der Waals surface area contributed by atoms with Crippen molar-refractivity contribution in [2.24, 2.45) is 11.8 Å². The number of carboxylic acids is 2. The SMILES string of the molecule is CC(C)[C@@H](C(=O)O)N(Cc1ccc2nc(-c3ccccc3C(=O)O)ccc2c1)C(=O)C1CC1. The Balaban J connectivity index is 1.66. The number of carbonyl (C=O) groups excluding carboxylic acids is 1. The molecule has 1 atom stereocenters. The Morgan fingerprint density at radius 3 is 2.39 bits per heavy atom. The van der Waals surface area contributed by atoms with Crippen molar-refractivity contribution in [2.75, 3.05) is 0 Å². The maximum atomic E-state index is 12.9. The Morgan fingerprint density at radius 2 is 1.76 bits per heavy atom. The fourth-order valence-corrected chi connectivity index (χ4v) is 4.17. The summed E-state index contributed by atoms with van der Waals surface area (Å²) in [6, 6.07) is 15.0. The number of aliphatic carboxylic acids is 1. The zero-order valence-electron chi connectivity index (χ0n) is 18.6. The highest BCUT2D eigenvalue weighted by Gasteiger charge is 2.39. The average molecular weight is 447 g/mol. The van der Waals surface area contributed by atoms with Gasteiger partial charge >= 0.3 is 11.9 Å². The number of hydrogen-bond acceptors (Lipinski definition) is 4. The third kappa shape index (κ3) is 4.72. The van der Waals surface area contributed by atoms with E-state index in [9.17, 15) is 24.6 Å². The van der Waals surface area contributed by atoms with E-state index in [4.69, 9.17) is 0 Å². The summed E-state index contributed by atoms with van der Waals surface area (Å²) >= 11 is 0. The van der Waals surface area contributed by atoms with E-state index in [1.54, 1.807) is 30.3 Å². The summed E-state index contributed by atoms with van der Waals surface area (Å²) in [5.74, 6) is -2.41. The number of aromatic nitrogens is 1. The lowest BCUT2D eigenvalue weighted by Gasteiger charge is -2.32. The van der Waals surface area contributed by atoms with Gasteiger partial charge < -0.3 is 15.1 Å². The molecule has 1 aliphatic carbocycles. The molecule has 2 N–H and O–H groups in total. The van der Waals surface area contributed by atoms with Crippen LogP contribution in [0.1, 0.15) is 42.6 Å². The number of nitrogens with zero attached hydrogens (tertiary/aromatic N) is 2. The van der Waals surface area contributed by atoms with Crippen LogP contribution in [0.25, 0.3) is 22.2 Å². The molecule has 1 amide bonds. The van der Waals surface area contributed by atoms with Crippen LogP contribution < -0.4 is 0 Å². The first-order chi connectivity index (χ1) is 15.8. The van der Waals surface area contributed by atoms with Gasteiger partial charge in [0.2, 0.25) is 5.91 Å². The monoisotopic (exact) mass is 446 g/mol. The van der Waals surface area contributed by atoms with Crippen molar-refractivity contribution in [3.8, 4) is 11.3 Å². The number of carboxylic acid groups (broad SMARTS) is 2. The minimum absolute atomic E-state index is 0.0791. The van der Waals surface area contributed by atoms with Crippen molar-refractivity contribution in [2.45, 2.75) is 39.3 Å². The van der Waals surface area contributed by atoms with Gasteiger partial charge in [0.15, 0.2) is 0 Å². The minimum atomic E-state index is -1.01.